The average molecular weight is 345 g/mol. The maximum Gasteiger partial charge on any atom is 0.230 e. The van der Waals surface area contributed by atoms with Gasteiger partial charge in [0.1, 0.15) is 11.5 Å². The van der Waals surface area contributed by atoms with Gasteiger partial charge in [-0.3, -0.25) is 4.79 Å². The van der Waals surface area contributed by atoms with E-state index in [2.05, 4.69) is 5.10 Å². The van der Waals surface area contributed by atoms with Gasteiger partial charge >= 0.3 is 0 Å². The number of aromatic nitrogens is 2. The van der Waals surface area contributed by atoms with Crippen molar-refractivity contribution in [3.8, 4) is 5.88 Å². The molecule has 1 aliphatic rings. The second-order valence-corrected chi connectivity index (χ2v) is 6.91. The highest BCUT2D eigenvalue weighted by atomic mass is 16.5. The summed E-state index contributed by atoms with van der Waals surface area (Å²) in [7, 11) is 3.53. The number of carbonyl (C=O) groups is 1. The van der Waals surface area contributed by atoms with E-state index in [1.54, 1.807) is 11.8 Å². The number of nitrogens with zero attached hydrogens (tertiary/aromatic N) is 3. The van der Waals surface area contributed by atoms with Crippen molar-refractivity contribution < 1.29 is 13.9 Å². The molecule has 0 bridgehead atoms. The summed E-state index contributed by atoms with van der Waals surface area (Å²) < 4.78 is 12.9. The highest BCUT2D eigenvalue weighted by Gasteiger charge is 2.37. The molecule has 1 fully saturated rings. The molecule has 2 atom stereocenters. The number of aryl methyl sites for hydroxylation is 4. The first-order chi connectivity index (χ1) is 11.8. The maximum absolute atomic E-state index is 13.2. The molecule has 0 saturated carbocycles. The third-order valence-electron chi connectivity index (χ3n) is 5.19. The molecule has 0 radical (unpaired) electrons. The maximum atomic E-state index is 13.2. The number of hydrogen-bond donors (Lipinski definition) is 0. The van der Waals surface area contributed by atoms with E-state index < -0.39 is 0 Å². The molecule has 1 amide bonds. The van der Waals surface area contributed by atoms with Crippen molar-refractivity contribution in [2.45, 2.75) is 52.5 Å². The molecule has 1 aliphatic heterocycles. The van der Waals surface area contributed by atoms with Crippen LogP contribution in [0.3, 0.4) is 0 Å². The van der Waals surface area contributed by atoms with Crippen molar-refractivity contribution in [2.75, 3.05) is 13.7 Å². The van der Waals surface area contributed by atoms with E-state index in [4.69, 9.17) is 9.15 Å². The number of carbonyl (C=O) groups excluding carboxylic acids is 1. The third kappa shape index (κ3) is 2.94. The highest BCUT2D eigenvalue weighted by Crippen LogP contribution is 2.40. The minimum absolute atomic E-state index is 0.0203. The molecular weight excluding hydrogens is 318 g/mol. The van der Waals surface area contributed by atoms with Crippen LogP contribution in [0.1, 0.15) is 60.1 Å². The Bertz CT molecular complexity index is 790. The standard InChI is InChI=1S/C19H27N3O3/c1-11-10-15(14(4)25-11)12(2)18(23)22-9-7-8-16(22)17-13(3)20-21(5)19(17)24-6/h10,12,16H,7-9H2,1-6H3/t12-,16+/m1/s1. The zero-order valence-electron chi connectivity index (χ0n) is 15.9. The number of hydrogen-bond acceptors (Lipinski definition) is 4. The molecular formula is C19H27N3O3. The molecule has 2 aromatic rings. The lowest BCUT2D eigenvalue weighted by atomic mass is 9.98. The molecule has 6 heteroatoms. The van der Waals surface area contributed by atoms with E-state index in [0.717, 1.165) is 53.6 Å². The molecule has 136 valence electrons. The lowest BCUT2D eigenvalue weighted by molar-refractivity contribution is -0.133. The molecule has 0 unspecified atom stereocenters. The van der Waals surface area contributed by atoms with E-state index in [1.807, 2.05) is 45.7 Å². The van der Waals surface area contributed by atoms with Crippen molar-refractivity contribution >= 4 is 5.91 Å². The number of amides is 1. The summed E-state index contributed by atoms with van der Waals surface area (Å²) in [5.41, 5.74) is 2.93. The zero-order chi connectivity index (χ0) is 18.3. The van der Waals surface area contributed by atoms with Crippen molar-refractivity contribution in [3.63, 3.8) is 0 Å². The predicted octanol–water partition coefficient (Wildman–Crippen LogP) is 3.41. The molecule has 3 heterocycles. The van der Waals surface area contributed by atoms with Crippen molar-refractivity contribution in [2.24, 2.45) is 7.05 Å². The lowest BCUT2D eigenvalue weighted by Gasteiger charge is -2.28. The van der Waals surface area contributed by atoms with E-state index >= 15 is 0 Å². The van der Waals surface area contributed by atoms with Crippen molar-refractivity contribution in [1.29, 1.82) is 0 Å². The van der Waals surface area contributed by atoms with Gasteiger partial charge in [-0.1, -0.05) is 0 Å². The molecule has 0 N–H and O–H groups in total. The number of methoxy groups -OCH3 is 1. The minimum Gasteiger partial charge on any atom is -0.481 e. The third-order valence-corrected chi connectivity index (χ3v) is 5.19. The van der Waals surface area contributed by atoms with Gasteiger partial charge in [-0.25, -0.2) is 4.68 Å². The Morgan fingerprint density at radius 2 is 2.12 bits per heavy atom. The van der Waals surface area contributed by atoms with Gasteiger partial charge in [0.15, 0.2) is 0 Å². The van der Waals surface area contributed by atoms with E-state index in [0.29, 0.717) is 0 Å². The Kier molecular flexibility index (Phi) is 4.62. The first-order valence-corrected chi connectivity index (χ1v) is 8.80. The number of furan rings is 1. The van der Waals surface area contributed by atoms with Gasteiger partial charge in [0.25, 0.3) is 0 Å². The summed E-state index contributed by atoms with van der Waals surface area (Å²) >= 11 is 0. The number of likely N-dealkylation sites (tertiary alicyclic amines) is 1. The molecule has 0 spiro atoms. The van der Waals surface area contributed by atoms with Crippen LogP contribution in [-0.4, -0.2) is 34.2 Å². The topological polar surface area (TPSA) is 60.5 Å². The summed E-state index contributed by atoms with van der Waals surface area (Å²) in [4.78, 5) is 15.2. The lowest BCUT2D eigenvalue weighted by Crippen LogP contribution is -2.34. The van der Waals surface area contributed by atoms with Crippen LogP contribution >= 0.6 is 0 Å². The normalized spacial score (nSPS) is 18.6. The largest absolute Gasteiger partial charge is 0.481 e. The second kappa shape index (κ2) is 6.58. The fourth-order valence-corrected chi connectivity index (χ4v) is 4.07. The minimum atomic E-state index is -0.221. The number of ether oxygens (including phenoxy) is 1. The van der Waals surface area contributed by atoms with Gasteiger partial charge < -0.3 is 14.1 Å². The van der Waals surface area contributed by atoms with Gasteiger partial charge in [0, 0.05) is 19.2 Å². The van der Waals surface area contributed by atoms with Crippen molar-refractivity contribution in [3.05, 3.63) is 34.4 Å². The summed E-state index contributed by atoms with van der Waals surface area (Å²) in [5.74, 6) is 2.32. The number of rotatable bonds is 4. The molecule has 6 nitrogen and oxygen atoms in total. The fraction of sp³-hybridized carbons (Fsp3) is 0.579. The molecule has 0 aromatic carbocycles. The smallest absolute Gasteiger partial charge is 0.230 e. The first-order valence-electron chi connectivity index (χ1n) is 8.80. The van der Waals surface area contributed by atoms with Crippen LogP contribution < -0.4 is 4.74 Å². The Morgan fingerprint density at radius 1 is 1.40 bits per heavy atom. The van der Waals surface area contributed by atoms with Crippen LogP contribution in [0.4, 0.5) is 0 Å². The predicted molar refractivity (Wildman–Crippen MR) is 94.8 cm³/mol. The Hall–Kier alpha value is -2.24. The highest BCUT2D eigenvalue weighted by molar-refractivity contribution is 5.84. The molecule has 1 saturated heterocycles. The van der Waals surface area contributed by atoms with E-state index in [1.165, 1.54) is 0 Å². The van der Waals surface area contributed by atoms with Gasteiger partial charge in [0.05, 0.1) is 30.3 Å². The van der Waals surface area contributed by atoms with Crippen molar-refractivity contribution in [1.82, 2.24) is 14.7 Å². The SMILES string of the molecule is COc1c([C@@H]2CCCN2C(=O)[C@H](C)c2cc(C)oc2C)c(C)nn1C. The van der Waals surface area contributed by atoms with Gasteiger partial charge in [-0.15, -0.1) is 0 Å². The summed E-state index contributed by atoms with van der Waals surface area (Å²) in [6.07, 6.45) is 1.93. The molecule has 2 aromatic heterocycles. The monoisotopic (exact) mass is 345 g/mol. The zero-order valence-corrected chi connectivity index (χ0v) is 15.9. The Balaban J connectivity index is 1.92. The molecule has 25 heavy (non-hydrogen) atoms. The van der Waals surface area contributed by atoms with Crippen LogP contribution in [0.25, 0.3) is 0 Å². The van der Waals surface area contributed by atoms with Crippen LogP contribution in [0, 0.1) is 20.8 Å². The fourth-order valence-electron chi connectivity index (χ4n) is 4.07. The second-order valence-electron chi connectivity index (χ2n) is 6.91. The van der Waals surface area contributed by atoms with Crippen LogP contribution in [0.5, 0.6) is 5.88 Å². The van der Waals surface area contributed by atoms with Crippen LogP contribution in [-0.2, 0) is 11.8 Å². The Morgan fingerprint density at radius 3 is 2.72 bits per heavy atom. The summed E-state index contributed by atoms with van der Waals surface area (Å²) in [5, 5.41) is 4.48. The molecule has 3 rings (SSSR count). The van der Waals surface area contributed by atoms with E-state index in [9.17, 15) is 4.79 Å². The summed E-state index contributed by atoms with van der Waals surface area (Å²) in [6.45, 7) is 8.54. The quantitative estimate of drug-likeness (QED) is 0.852. The average Bonchev–Trinajstić information content (AvgIpc) is 3.22. The first kappa shape index (κ1) is 17.6. The van der Waals surface area contributed by atoms with Crippen LogP contribution in [0.2, 0.25) is 0 Å². The molecule has 0 aliphatic carbocycles. The van der Waals surface area contributed by atoms with Gasteiger partial charge in [0.2, 0.25) is 11.8 Å². The van der Waals surface area contributed by atoms with Crippen LogP contribution in [0.15, 0.2) is 10.5 Å². The van der Waals surface area contributed by atoms with Gasteiger partial charge in [-0.05, 0) is 46.6 Å². The van der Waals surface area contributed by atoms with E-state index in [-0.39, 0.29) is 17.9 Å². The van der Waals surface area contributed by atoms with Gasteiger partial charge in [-0.2, -0.15) is 5.10 Å². The Labute approximate surface area is 148 Å². The summed E-state index contributed by atoms with van der Waals surface area (Å²) in [6, 6.07) is 1.99.